The van der Waals surface area contributed by atoms with E-state index >= 15 is 0 Å². The normalized spacial score (nSPS) is 20.4. The molecule has 1 fully saturated rings. The van der Waals surface area contributed by atoms with Crippen LogP contribution in [0.25, 0.3) is 10.4 Å². The molecule has 1 aliphatic heterocycles. The molecule has 10 heavy (non-hydrogen) atoms. The molecule has 0 aromatic heterocycles. The zero-order valence-electron chi connectivity index (χ0n) is 5.02. The average molecular weight is 143 g/mol. The summed E-state index contributed by atoms with van der Waals surface area (Å²) >= 11 is 0. The SMILES string of the molecule is [N-]=[N+]=NC1(C(=O)O)COC1. The van der Waals surface area contributed by atoms with Crippen molar-refractivity contribution in [3.05, 3.63) is 10.4 Å². The summed E-state index contributed by atoms with van der Waals surface area (Å²) in [5.41, 5.74) is 6.63. The summed E-state index contributed by atoms with van der Waals surface area (Å²) in [4.78, 5) is 12.8. The predicted molar refractivity (Wildman–Crippen MR) is 30.3 cm³/mol. The van der Waals surface area contributed by atoms with E-state index in [1.807, 2.05) is 0 Å². The molecule has 0 atom stereocenters. The summed E-state index contributed by atoms with van der Waals surface area (Å²) in [6.07, 6.45) is 0. The van der Waals surface area contributed by atoms with Gasteiger partial charge in [0.1, 0.15) is 0 Å². The second-order valence-electron chi connectivity index (χ2n) is 2.02. The topological polar surface area (TPSA) is 95.3 Å². The zero-order valence-corrected chi connectivity index (χ0v) is 5.02. The van der Waals surface area contributed by atoms with Crippen molar-refractivity contribution in [3.63, 3.8) is 0 Å². The standard InChI is InChI=1S/C4H5N3O3/c5-7-6-4(3(8)9)1-10-2-4/h1-2H2,(H,8,9). The molecular weight excluding hydrogens is 138 g/mol. The van der Waals surface area contributed by atoms with Crippen LogP contribution in [-0.4, -0.2) is 29.8 Å². The Kier molecular flexibility index (Phi) is 1.48. The number of carbonyl (C=O) groups is 1. The van der Waals surface area contributed by atoms with Crippen LogP contribution in [0.1, 0.15) is 0 Å². The van der Waals surface area contributed by atoms with E-state index in [1.165, 1.54) is 0 Å². The van der Waals surface area contributed by atoms with Crippen molar-refractivity contribution in [2.24, 2.45) is 5.11 Å². The second-order valence-corrected chi connectivity index (χ2v) is 2.02. The van der Waals surface area contributed by atoms with Crippen LogP contribution in [-0.2, 0) is 9.53 Å². The first-order chi connectivity index (χ1) is 4.71. The van der Waals surface area contributed by atoms with E-state index < -0.39 is 11.5 Å². The second kappa shape index (κ2) is 2.17. The number of hydrogen-bond donors (Lipinski definition) is 1. The minimum absolute atomic E-state index is 0.0214. The van der Waals surface area contributed by atoms with Crippen molar-refractivity contribution in [1.29, 1.82) is 0 Å². The third-order valence-corrected chi connectivity index (χ3v) is 1.32. The summed E-state index contributed by atoms with van der Waals surface area (Å²) in [5, 5.41) is 11.6. The number of carboxylic acid groups (broad SMARTS) is 1. The number of hydrogen-bond acceptors (Lipinski definition) is 3. The van der Waals surface area contributed by atoms with Crippen LogP contribution in [0.5, 0.6) is 0 Å². The summed E-state index contributed by atoms with van der Waals surface area (Å²) in [6.45, 7) is -0.0429. The van der Waals surface area contributed by atoms with Gasteiger partial charge in [-0.25, -0.2) is 0 Å². The van der Waals surface area contributed by atoms with E-state index in [0.29, 0.717) is 0 Å². The van der Waals surface area contributed by atoms with E-state index in [-0.39, 0.29) is 13.2 Å². The maximum atomic E-state index is 10.3. The first kappa shape index (κ1) is 6.85. The molecule has 0 spiro atoms. The highest BCUT2D eigenvalue weighted by Gasteiger charge is 2.45. The molecule has 1 heterocycles. The minimum Gasteiger partial charge on any atom is -0.481 e. The molecule has 1 rings (SSSR count). The predicted octanol–water partition coefficient (Wildman–Crippen LogP) is 0.150. The summed E-state index contributed by atoms with van der Waals surface area (Å²) < 4.78 is 4.61. The first-order valence-electron chi connectivity index (χ1n) is 2.59. The quantitative estimate of drug-likeness (QED) is 0.338. The lowest BCUT2D eigenvalue weighted by molar-refractivity contribution is -0.160. The molecule has 0 aliphatic carbocycles. The fourth-order valence-electron chi connectivity index (χ4n) is 0.605. The van der Waals surface area contributed by atoms with Crippen LogP contribution in [0.15, 0.2) is 5.11 Å². The number of aliphatic carboxylic acids is 1. The molecule has 6 heteroatoms. The van der Waals surface area contributed by atoms with Gasteiger partial charge in [-0.05, 0) is 5.53 Å². The lowest BCUT2D eigenvalue weighted by Gasteiger charge is -2.32. The molecule has 0 radical (unpaired) electrons. The van der Waals surface area contributed by atoms with Crippen LogP contribution >= 0.6 is 0 Å². The Morgan fingerprint density at radius 1 is 1.80 bits per heavy atom. The van der Waals surface area contributed by atoms with Gasteiger partial charge in [-0.1, -0.05) is 5.11 Å². The van der Waals surface area contributed by atoms with Gasteiger partial charge < -0.3 is 9.84 Å². The monoisotopic (exact) mass is 143 g/mol. The summed E-state index contributed by atoms with van der Waals surface area (Å²) in [6, 6.07) is 0. The molecule has 0 saturated carbocycles. The van der Waals surface area contributed by atoms with Gasteiger partial charge in [0.25, 0.3) is 0 Å². The van der Waals surface area contributed by atoms with E-state index in [0.717, 1.165) is 0 Å². The van der Waals surface area contributed by atoms with Gasteiger partial charge >= 0.3 is 5.97 Å². The van der Waals surface area contributed by atoms with Crippen LogP contribution < -0.4 is 0 Å². The number of azide groups is 1. The lowest BCUT2D eigenvalue weighted by atomic mass is 10.00. The van der Waals surface area contributed by atoms with Crippen molar-refractivity contribution < 1.29 is 14.6 Å². The highest BCUT2D eigenvalue weighted by Crippen LogP contribution is 2.21. The van der Waals surface area contributed by atoms with E-state index in [4.69, 9.17) is 10.6 Å². The highest BCUT2D eigenvalue weighted by atomic mass is 16.5. The maximum absolute atomic E-state index is 10.3. The largest absolute Gasteiger partial charge is 0.481 e. The molecule has 6 nitrogen and oxygen atoms in total. The van der Waals surface area contributed by atoms with E-state index in [1.54, 1.807) is 0 Å². The number of rotatable bonds is 2. The molecule has 1 aliphatic rings. The van der Waals surface area contributed by atoms with E-state index in [2.05, 4.69) is 14.8 Å². The molecule has 0 amide bonds. The third kappa shape index (κ3) is 0.792. The molecule has 0 aromatic carbocycles. The Hall–Kier alpha value is -1.26. The van der Waals surface area contributed by atoms with Crippen molar-refractivity contribution in [1.82, 2.24) is 0 Å². The van der Waals surface area contributed by atoms with Crippen molar-refractivity contribution in [3.8, 4) is 0 Å². The fourth-order valence-corrected chi connectivity index (χ4v) is 0.605. The van der Waals surface area contributed by atoms with Crippen molar-refractivity contribution in [2.75, 3.05) is 13.2 Å². The molecule has 1 N–H and O–H groups in total. The van der Waals surface area contributed by atoms with Gasteiger partial charge in [0.15, 0.2) is 5.54 Å². The number of ether oxygens (including phenoxy) is 1. The van der Waals surface area contributed by atoms with Crippen molar-refractivity contribution >= 4 is 5.97 Å². The average Bonchev–Trinajstić information content (AvgIpc) is 1.77. The van der Waals surface area contributed by atoms with Gasteiger partial charge in [0.05, 0.1) is 13.2 Å². The van der Waals surface area contributed by atoms with Crippen molar-refractivity contribution in [2.45, 2.75) is 5.54 Å². The summed E-state index contributed by atoms with van der Waals surface area (Å²) in [7, 11) is 0. The zero-order chi connectivity index (χ0) is 7.61. The maximum Gasteiger partial charge on any atom is 0.320 e. The molecule has 0 aromatic rings. The molecule has 0 unspecified atom stereocenters. The Labute approximate surface area is 56.0 Å². The van der Waals surface area contributed by atoms with E-state index in [9.17, 15) is 4.79 Å². The lowest BCUT2D eigenvalue weighted by Crippen LogP contribution is -2.54. The Bertz CT molecular complexity index is 200. The minimum atomic E-state index is -1.32. The number of nitrogens with zero attached hydrogens (tertiary/aromatic N) is 3. The molecule has 0 bridgehead atoms. The van der Waals surface area contributed by atoms with Crippen LogP contribution in [0.3, 0.4) is 0 Å². The van der Waals surface area contributed by atoms with Gasteiger partial charge in [-0.15, -0.1) is 0 Å². The Morgan fingerprint density at radius 3 is 2.50 bits per heavy atom. The first-order valence-corrected chi connectivity index (χ1v) is 2.59. The molecule has 54 valence electrons. The molecular formula is C4H5N3O3. The number of carboxylic acids is 1. The van der Waals surface area contributed by atoms with Gasteiger partial charge in [0.2, 0.25) is 0 Å². The fraction of sp³-hybridized carbons (Fsp3) is 0.750. The Balaban J connectivity index is 2.77. The molecule has 1 saturated heterocycles. The Morgan fingerprint density at radius 2 is 2.40 bits per heavy atom. The third-order valence-electron chi connectivity index (χ3n) is 1.32. The van der Waals surface area contributed by atoms with Gasteiger partial charge in [-0.2, -0.15) is 0 Å². The van der Waals surface area contributed by atoms with Crippen LogP contribution in [0, 0.1) is 0 Å². The highest BCUT2D eigenvalue weighted by molar-refractivity contribution is 5.80. The smallest absolute Gasteiger partial charge is 0.320 e. The van der Waals surface area contributed by atoms with Crippen LogP contribution in [0.2, 0.25) is 0 Å². The summed E-state index contributed by atoms with van der Waals surface area (Å²) in [5.74, 6) is -1.13. The van der Waals surface area contributed by atoms with Gasteiger partial charge in [-0.3, -0.25) is 4.79 Å². The van der Waals surface area contributed by atoms with Crippen LogP contribution in [0.4, 0.5) is 0 Å². The van der Waals surface area contributed by atoms with Gasteiger partial charge in [0, 0.05) is 4.91 Å².